The summed E-state index contributed by atoms with van der Waals surface area (Å²) in [6.45, 7) is 1.37. The van der Waals surface area contributed by atoms with Crippen LogP contribution in [0.4, 0.5) is 10.8 Å². The Morgan fingerprint density at radius 2 is 2.00 bits per heavy atom. The highest BCUT2D eigenvalue weighted by atomic mass is 35.5. The number of carbonyl (C=O) groups is 1. The SMILES string of the molecule is O=C(c1csc(Nc2cccc(Cl)c2)n1)N1CCc2ccccc2C1. The lowest BCUT2D eigenvalue weighted by molar-refractivity contribution is 0.0729. The molecule has 1 aliphatic heterocycles. The lowest BCUT2D eigenvalue weighted by Crippen LogP contribution is -2.36. The maximum Gasteiger partial charge on any atom is 0.273 e. The van der Waals surface area contributed by atoms with Crippen LogP contribution in [0.15, 0.2) is 53.9 Å². The molecule has 6 heteroatoms. The summed E-state index contributed by atoms with van der Waals surface area (Å²) in [7, 11) is 0. The van der Waals surface area contributed by atoms with E-state index in [2.05, 4.69) is 22.4 Å². The molecule has 0 atom stereocenters. The number of nitrogens with one attached hydrogen (secondary N) is 1. The molecule has 0 saturated carbocycles. The van der Waals surface area contributed by atoms with Crippen molar-refractivity contribution >= 4 is 39.7 Å². The van der Waals surface area contributed by atoms with Crippen LogP contribution in [-0.2, 0) is 13.0 Å². The van der Waals surface area contributed by atoms with E-state index in [9.17, 15) is 4.79 Å². The summed E-state index contributed by atoms with van der Waals surface area (Å²) in [6.07, 6.45) is 0.889. The van der Waals surface area contributed by atoms with Gasteiger partial charge in [0.15, 0.2) is 5.13 Å². The minimum absolute atomic E-state index is 0.0232. The number of hydrogen-bond donors (Lipinski definition) is 1. The Kier molecular flexibility index (Phi) is 4.42. The zero-order valence-electron chi connectivity index (χ0n) is 13.4. The fraction of sp³-hybridized carbons (Fsp3) is 0.158. The molecule has 2 aromatic carbocycles. The molecule has 0 spiro atoms. The number of fused-ring (bicyclic) bond motifs is 1. The largest absolute Gasteiger partial charge is 0.333 e. The van der Waals surface area contributed by atoms with Crippen LogP contribution in [0.5, 0.6) is 0 Å². The van der Waals surface area contributed by atoms with Gasteiger partial charge in [0.1, 0.15) is 5.69 Å². The highest BCUT2D eigenvalue weighted by Gasteiger charge is 2.23. The van der Waals surface area contributed by atoms with Crippen LogP contribution >= 0.6 is 22.9 Å². The van der Waals surface area contributed by atoms with Crippen molar-refractivity contribution in [2.24, 2.45) is 0 Å². The second kappa shape index (κ2) is 6.86. The highest BCUT2D eigenvalue weighted by Crippen LogP contribution is 2.25. The molecule has 0 bridgehead atoms. The van der Waals surface area contributed by atoms with Crippen molar-refractivity contribution in [2.75, 3.05) is 11.9 Å². The maximum atomic E-state index is 12.8. The minimum atomic E-state index is -0.0232. The lowest BCUT2D eigenvalue weighted by atomic mass is 10.00. The molecule has 0 fully saturated rings. The predicted octanol–water partition coefficient (Wildman–Crippen LogP) is 4.74. The molecule has 0 aliphatic carbocycles. The molecule has 25 heavy (non-hydrogen) atoms. The third-order valence-corrected chi connectivity index (χ3v) is 5.21. The molecular formula is C19H16ClN3OS. The van der Waals surface area contributed by atoms with Crippen LogP contribution in [0.2, 0.25) is 5.02 Å². The van der Waals surface area contributed by atoms with Gasteiger partial charge in [-0.2, -0.15) is 0 Å². The van der Waals surface area contributed by atoms with E-state index in [1.54, 1.807) is 5.38 Å². The number of hydrogen-bond acceptors (Lipinski definition) is 4. The monoisotopic (exact) mass is 369 g/mol. The third kappa shape index (κ3) is 3.52. The van der Waals surface area contributed by atoms with Gasteiger partial charge in [0.25, 0.3) is 5.91 Å². The smallest absolute Gasteiger partial charge is 0.273 e. The molecule has 1 amide bonds. The van der Waals surface area contributed by atoms with E-state index in [0.717, 1.165) is 18.7 Å². The van der Waals surface area contributed by atoms with Crippen molar-refractivity contribution in [3.8, 4) is 0 Å². The van der Waals surface area contributed by atoms with Gasteiger partial charge in [-0.1, -0.05) is 41.9 Å². The Balaban J connectivity index is 1.48. The summed E-state index contributed by atoms with van der Waals surface area (Å²) in [6, 6.07) is 15.7. The number of benzene rings is 2. The molecule has 1 N–H and O–H groups in total. The van der Waals surface area contributed by atoms with Crippen LogP contribution < -0.4 is 5.32 Å². The van der Waals surface area contributed by atoms with Crippen LogP contribution in [0.3, 0.4) is 0 Å². The molecule has 126 valence electrons. The summed E-state index contributed by atoms with van der Waals surface area (Å²) in [5.74, 6) is -0.0232. The molecule has 1 aromatic heterocycles. The van der Waals surface area contributed by atoms with E-state index in [-0.39, 0.29) is 5.91 Å². The van der Waals surface area contributed by atoms with E-state index in [1.807, 2.05) is 41.3 Å². The second-order valence-corrected chi connectivity index (χ2v) is 7.21. The van der Waals surface area contributed by atoms with Crippen molar-refractivity contribution in [3.63, 3.8) is 0 Å². The van der Waals surface area contributed by atoms with Gasteiger partial charge in [-0.15, -0.1) is 11.3 Å². The number of rotatable bonds is 3. The second-order valence-electron chi connectivity index (χ2n) is 5.92. The van der Waals surface area contributed by atoms with Gasteiger partial charge in [0.2, 0.25) is 0 Å². The van der Waals surface area contributed by atoms with E-state index in [1.165, 1.54) is 22.5 Å². The zero-order chi connectivity index (χ0) is 17.2. The van der Waals surface area contributed by atoms with Crippen LogP contribution in [0.25, 0.3) is 0 Å². The van der Waals surface area contributed by atoms with Gasteiger partial charge in [0, 0.05) is 29.2 Å². The van der Waals surface area contributed by atoms with Crippen molar-refractivity contribution in [3.05, 3.63) is 75.8 Å². The molecule has 0 unspecified atom stereocenters. The normalized spacial score (nSPS) is 13.4. The molecule has 4 nitrogen and oxygen atoms in total. The average molecular weight is 370 g/mol. The molecular weight excluding hydrogens is 354 g/mol. The molecule has 0 radical (unpaired) electrons. The van der Waals surface area contributed by atoms with Gasteiger partial charge >= 0.3 is 0 Å². The van der Waals surface area contributed by atoms with Crippen molar-refractivity contribution in [1.82, 2.24) is 9.88 Å². The Bertz CT molecular complexity index is 924. The van der Waals surface area contributed by atoms with Crippen LogP contribution in [0.1, 0.15) is 21.6 Å². The third-order valence-electron chi connectivity index (χ3n) is 4.22. The minimum Gasteiger partial charge on any atom is -0.333 e. The Labute approximate surface area is 155 Å². The first-order valence-electron chi connectivity index (χ1n) is 8.03. The molecule has 1 aliphatic rings. The Morgan fingerprint density at radius 1 is 1.16 bits per heavy atom. The maximum absolute atomic E-state index is 12.8. The first-order valence-corrected chi connectivity index (χ1v) is 9.29. The summed E-state index contributed by atoms with van der Waals surface area (Å²) >= 11 is 7.41. The fourth-order valence-electron chi connectivity index (χ4n) is 2.95. The molecule has 3 aromatic rings. The van der Waals surface area contributed by atoms with Gasteiger partial charge in [0.05, 0.1) is 0 Å². The summed E-state index contributed by atoms with van der Waals surface area (Å²) in [5, 5.41) is 6.33. The average Bonchev–Trinajstić information content (AvgIpc) is 3.09. The number of amides is 1. The van der Waals surface area contributed by atoms with Crippen molar-refractivity contribution < 1.29 is 4.79 Å². The van der Waals surface area contributed by atoms with E-state index in [0.29, 0.717) is 22.4 Å². The number of carbonyl (C=O) groups excluding carboxylic acids is 1. The first-order chi connectivity index (χ1) is 12.2. The zero-order valence-corrected chi connectivity index (χ0v) is 15.0. The van der Waals surface area contributed by atoms with Crippen LogP contribution in [0, 0.1) is 0 Å². The molecule has 0 saturated heterocycles. The first kappa shape index (κ1) is 16.1. The van der Waals surface area contributed by atoms with Gasteiger partial charge in [-0.25, -0.2) is 4.98 Å². The summed E-state index contributed by atoms with van der Waals surface area (Å²) in [5.41, 5.74) is 3.88. The number of thiazole rings is 1. The van der Waals surface area contributed by atoms with Gasteiger partial charge < -0.3 is 10.2 Å². The lowest BCUT2D eigenvalue weighted by Gasteiger charge is -2.28. The summed E-state index contributed by atoms with van der Waals surface area (Å²) in [4.78, 5) is 19.1. The van der Waals surface area contributed by atoms with Crippen molar-refractivity contribution in [2.45, 2.75) is 13.0 Å². The quantitative estimate of drug-likeness (QED) is 0.725. The number of anilines is 2. The Hall–Kier alpha value is -2.37. The standard InChI is InChI=1S/C19H16ClN3OS/c20-15-6-3-7-16(10-15)21-19-22-17(12-25-19)18(24)23-9-8-13-4-1-2-5-14(13)11-23/h1-7,10,12H,8-9,11H2,(H,21,22). The number of halogens is 1. The van der Waals surface area contributed by atoms with Gasteiger partial charge in [-0.3, -0.25) is 4.79 Å². The van der Waals surface area contributed by atoms with E-state index < -0.39 is 0 Å². The van der Waals surface area contributed by atoms with E-state index in [4.69, 9.17) is 11.6 Å². The van der Waals surface area contributed by atoms with Crippen LogP contribution in [-0.4, -0.2) is 22.3 Å². The highest BCUT2D eigenvalue weighted by molar-refractivity contribution is 7.14. The van der Waals surface area contributed by atoms with Gasteiger partial charge in [-0.05, 0) is 35.7 Å². The Morgan fingerprint density at radius 3 is 2.84 bits per heavy atom. The number of aromatic nitrogens is 1. The number of nitrogens with zero attached hydrogens (tertiary/aromatic N) is 2. The fourth-order valence-corrected chi connectivity index (χ4v) is 3.85. The van der Waals surface area contributed by atoms with E-state index >= 15 is 0 Å². The molecule has 4 rings (SSSR count). The molecule has 2 heterocycles. The summed E-state index contributed by atoms with van der Waals surface area (Å²) < 4.78 is 0. The topological polar surface area (TPSA) is 45.2 Å². The predicted molar refractivity (Wildman–Crippen MR) is 102 cm³/mol. The van der Waals surface area contributed by atoms with Crippen molar-refractivity contribution in [1.29, 1.82) is 0 Å².